The van der Waals surface area contributed by atoms with Crippen molar-refractivity contribution in [3.8, 4) is 11.5 Å². The van der Waals surface area contributed by atoms with Crippen LogP contribution in [0.4, 0.5) is 0 Å². The van der Waals surface area contributed by atoms with E-state index in [2.05, 4.69) is 4.98 Å². The maximum Gasteiger partial charge on any atom is 0.243 e. The highest BCUT2D eigenvalue weighted by Crippen LogP contribution is 2.24. The number of hydrogen-bond acceptors (Lipinski definition) is 5. The van der Waals surface area contributed by atoms with Crippen LogP contribution in [0.25, 0.3) is 0 Å². The van der Waals surface area contributed by atoms with Crippen molar-refractivity contribution < 1.29 is 17.9 Å². The number of benzene rings is 1. The topological polar surface area (TPSA) is 68.7 Å². The summed E-state index contributed by atoms with van der Waals surface area (Å²) >= 11 is 0. The van der Waals surface area contributed by atoms with Crippen molar-refractivity contribution >= 4 is 10.0 Å². The van der Waals surface area contributed by atoms with E-state index in [9.17, 15) is 8.42 Å². The summed E-state index contributed by atoms with van der Waals surface area (Å²) in [7, 11) is -3.48. The van der Waals surface area contributed by atoms with Crippen LogP contribution in [0.2, 0.25) is 0 Å². The zero-order chi connectivity index (χ0) is 17.7. The van der Waals surface area contributed by atoms with Gasteiger partial charge in [-0.1, -0.05) is 0 Å². The number of pyridine rings is 1. The molecule has 0 saturated carbocycles. The van der Waals surface area contributed by atoms with Crippen LogP contribution in [0.5, 0.6) is 11.5 Å². The second kappa shape index (κ2) is 7.84. The number of ether oxygens (including phenoxy) is 2. The van der Waals surface area contributed by atoms with Crippen molar-refractivity contribution in [1.29, 1.82) is 0 Å². The Kier molecular flexibility index (Phi) is 5.55. The van der Waals surface area contributed by atoms with Crippen molar-refractivity contribution in [2.45, 2.75) is 30.8 Å². The number of hydrogen-bond donors (Lipinski definition) is 0. The molecule has 3 rings (SSSR count). The van der Waals surface area contributed by atoms with Crippen molar-refractivity contribution in [2.75, 3.05) is 19.7 Å². The number of piperidine rings is 1. The smallest absolute Gasteiger partial charge is 0.243 e. The fourth-order valence-corrected chi connectivity index (χ4v) is 4.29. The maximum atomic E-state index is 12.8. The summed E-state index contributed by atoms with van der Waals surface area (Å²) in [5.41, 5.74) is 0. The summed E-state index contributed by atoms with van der Waals surface area (Å²) in [6.07, 6.45) is 4.69. The van der Waals surface area contributed by atoms with E-state index in [-0.39, 0.29) is 6.10 Å². The summed E-state index contributed by atoms with van der Waals surface area (Å²) in [6.45, 7) is 3.33. The fourth-order valence-electron chi connectivity index (χ4n) is 2.82. The minimum Gasteiger partial charge on any atom is -0.494 e. The molecule has 1 aliphatic heterocycles. The summed E-state index contributed by atoms with van der Waals surface area (Å²) in [5, 5.41) is 0. The lowest BCUT2D eigenvalue weighted by molar-refractivity contribution is 0.134. The highest BCUT2D eigenvalue weighted by atomic mass is 32.2. The standard InChI is InChI=1S/C18H22N2O4S/c1-2-23-15-5-7-18(8-6-15)25(21,22)20-12-9-16(10-13-20)24-17-4-3-11-19-14-17/h3-8,11,14,16H,2,9-10,12-13H2,1H3. The van der Waals surface area contributed by atoms with Crippen LogP contribution in [0.15, 0.2) is 53.7 Å². The van der Waals surface area contributed by atoms with Gasteiger partial charge in [-0.05, 0) is 56.2 Å². The Balaban J connectivity index is 1.61. The molecule has 2 aromatic rings. The van der Waals surface area contributed by atoms with E-state index in [1.54, 1.807) is 36.7 Å². The SMILES string of the molecule is CCOc1ccc(S(=O)(=O)N2CCC(Oc3cccnc3)CC2)cc1. The van der Waals surface area contributed by atoms with Crippen LogP contribution in [-0.4, -0.2) is 43.5 Å². The third-order valence-electron chi connectivity index (χ3n) is 4.11. The first kappa shape index (κ1) is 17.7. The van der Waals surface area contributed by atoms with Gasteiger partial charge < -0.3 is 9.47 Å². The fraction of sp³-hybridized carbons (Fsp3) is 0.389. The van der Waals surface area contributed by atoms with Gasteiger partial charge >= 0.3 is 0 Å². The first-order valence-corrected chi connectivity index (χ1v) is 9.83. The molecule has 0 radical (unpaired) electrons. The third-order valence-corrected chi connectivity index (χ3v) is 6.02. The average molecular weight is 362 g/mol. The second-order valence-electron chi connectivity index (χ2n) is 5.81. The van der Waals surface area contributed by atoms with Crippen molar-refractivity contribution in [1.82, 2.24) is 9.29 Å². The van der Waals surface area contributed by atoms with Gasteiger partial charge in [0.15, 0.2) is 0 Å². The van der Waals surface area contributed by atoms with Gasteiger partial charge in [0.05, 0.1) is 17.7 Å². The Morgan fingerprint density at radius 2 is 1.84 bits per heavy atom. The normalized spacial score (nSPS) is 16.5. The number of nitrogens with zero attached hydrogens (tertiary/aromatic N) is 2. The molecule has 25 heavy (non-hydrogen) atoms. The van der Waals surface area contributed by atoms with E-state index < -0.39 is 10.0 Å². The molecule has 0 amide bonds. The monoisotopic (exact) mass is 362 g/mol. The highest BCUT2D eigenvalue weighted by molar-refractivity contribution is 7.89. The van der Waals surface area contributed by atoms with Gasteiger partial charge in [-0.15, -0.1) is 0 Å². The van der Waals surface area contributed by atoms with Gasteiger partial charge in [0.2, 0.25) is 10.0 Å². The van der Waals surface area contributed by atoms with Gasteiger partial charge in [0, 0.05) is 19.3 Å². The van der Waals surface area contributed by atoms with Crippen LogP contribution in [0.3, 0.4) is 0 Å². The molecule has 7 heteroatoms. The molecule has 6 nitrogen and oxygen atoms in total. The quantitative estimate of drug-likeness (QED) is 0.790. The summed E-state index contributed by atoms with van der Waals surface area (Å²) in [5.74, 6) is 1.39. The van der Waals surface area contributed by atoms with Gasteiger partial charge in [-0.3, -0.25) is 4.98 Å². The van der Waals surface area contributed by atoms with Crippen molar-refractivity contribution in [3.63, 3.8) is 0 Å². The van der Waals surface area contributed by atoms with Crippen LogP contribution in [-0.2, 0) is 10.0 Å². The number of aromatic nitrogens is 1. The molecule has 2 heterocycles. The molecule has 1 aromatic carbocycles. The molecule has 1 fully saturated rings. The molecule has 0 bridgehead atoms. The molecule has 0 atom stereocenters. The van der Waals surface area contributed by atoms with Crippen molar-refractivity contribution in [3.05, 3.63) is 48.8 Å². The van der Waals surface area contributed by atoms with Crippen LogP contribution in [0.1, 0.15) is 19.8 Å². The maximum absolute atomic E-state index is 12.8. The Morgan fingerprint density at radius 3 is 2.44 bits per heavy atom. The average Bonchev–Trinajstić information content (AvgIpc) is 2.64. The first-order chi connectivity index (χ1) is 12.1. The lowest BCUT2D eigenvalue weighted by Gasteiger charge is -2.31. The zero-order valence-corrected chi connectivity index (χ0v) is 15.0. The lowest BCUT2D eigenvalue weighted by Crippen LogP contribution is -2.41. The van der Waals surface area contributed by atoms with E-state index >= 15 is 0 Å². The van der Waals surface area contributed by atoms with Crippen LogP contribution < -0.4 is 9.47 Å². The number of sulfonamides is 1. The Labute approximate surface area is 148 Å². The molecular formula is C18H22N2O4S. The van der Waals surface area contributed by atoms with Gasteiger partial charge in [0.1, 0.15) is 17.6 Å². The van der Waals surface area contributed by atoms with E-state index in [1.807, 2.05) is 19.1 Å². The highest BCUT2D eigenvalue weighted by Gasteiger charge is 2.30. The molecule has 0 N–H and O–H groups in total. The Morgan fingerprint density at radius 1 is 1.12 bits per heavy atom. The molecule has 0 unspecified atom stereocenters. The first-order valence-electron chi connectivity index (χ1n) is 8.39. The molecule has 1 aromatic heterocycles. The molecule has 1 aliphatic rings. The Bertz CT molecular complexity index is 770. The molecule has 134 valence electrons. The van der Waals surface area contributed by atoms with Crippen LogP contribution >= 0.6 is 0 Å². The van der Waals surface area contributed by atoms with Crippen LogP contribution in [0, 0.1) is 0 Å². The summed E-state index contributed by atoms with van der Waals surface area (Å²) < 4.78 is 38.3. The summed E-state index contributed by atoms with van der Waals surface area (Å²) in [4.78, 5) is 4.32. The minimum atomic E-state index is -3.48. The Hall–Kier alpha value is -2.12. The lowest BCUT2D eigenvalue weighted by atomic mass is 10.1. The molecule has 0 aliphatic carbocycles. The minimum absolute atomic E-state index is 0.0102. The predicted octanol–water partition coefficient (Wildman–Crippen LogP) is 2.71. The van der Waals surface area contributed by atoms with E-state index in [1.165, 1.54) is 4.31 Å². The van der Waals surface area contributed by atoms with E-state index in [0.29, 0.717) is 43.2 Å². The molecular weight excluding hydrogens is 340 g/mol. The molecule has 1 saturated heterocycles. The van der Waals surface area contributed by atoms with E-state index in [0.717, 1.165) is 5.75 Å². The van der Waals surface area contributed by atoms with E-state index in [4.69, 9.17) is 9.47 Å². The van der Waals surface area contributed by atoms with Gasteiger partial charge in [0.25, 0.3) is 0 Å². The second-order valence-corrected chi connectivity index (χ2v) is 7.75. The molecule has 0 spiro atoms. The van der Waals surface area contributed by atoms with Crippen molar-refractivity contribution in [2.24, 2.45) is 0 Å². The summed E-state index contributed by atoms with van der Waals surface area (Å²) in [6, 6.07) is 10.2. The zero-order valence-electron chi connectivity index (χ0n) is 14.2. The predicted molar refractivity (Wildman–Crippen MR) is 94.3 cm³/mol. The largest absolute Gasteiger partial charge is 0.494 e. The van der Waals surface area contributed by atoms with Gasteiger partial charge in [-0.2, -0.15) is 4.31 Å². The van der Waals surface area contributed by atoms with Gasteiger partial charge in [-0.25, -0.2) is 8.42 Å². The third kappa shape index (κ3) is 4.29. The number of rotatable bonds is 6.